The molecule has 0 aliphatic heterocycles. The van der Waals surface area contributed by atoms with Gasteiger partial charge in [-0.05, 0) is 28.4 Å². The maximum absolute atomic E-state index is 3.67. The summed E-state index contributed by atoms with van der Waals surface area (Å²) >= 11 is 1.81. The van der Waals surface area contributed by atoms with Crippen LogP contribution in [-0.4, -0.2) is 7.63 Å². The first-order valence-electron chi connectivity index (χ1n) is 9.82. The number of fused-ring (bicyclic) bond motifs is 3. The monoisotopic (exact) mass is 520 g/mol. The molecule has 0 N–H and O–H groups in total. The molecule has 2 aliphatic carbocycles. The van der Waals surface area contributed by atoms with Gasteiger partial charge < -0.3 is 14.9 Å². The average Bonchev–Trinajstić information content (AvgIpc) is 3.32. The summed E-state index contributed by atoms with van der Waals surface area (Å²) in [5.74, 6) is 0. The minimum absolute atomic E-state index is 0. The van der Waals surface area contributed by atoms with E-state index in [0.29, 0.717) is 0 Å². The number of hydrogen-bond donors (Lipinski definition) is 0. The van der Waals surface area contributed by atoms with Gasteiger partial charge in [0.15, 0.2) is 0 Å². The van der Waals surface area contributed by atoms with Gasteiger partial charge in [-0.1, -0.05) is 65.3 Å². The van der Waals surface area contributed by atoms with Crippen molar-refractivity contribution < 1.29 is 19.2 Å². The van der Waals surface area contributed by atoms with Crippen molar-refractivity contribution in [2.45, 2.75) is 65.2 Å². The van der Waals surface area contributed by atoms with Gasteiger partial charge in [0.05, 0.1) is 0 Å². The van der Waals surface area contributed by atoms with Crippen LogP contribution in [0.1, 0.15) is 70.2 Å². The Bertz CT molecular complexity index is 816. The molecule has 0 nitrogen and oxygen atoms in total. The molecule has 4 rings (SSSR count). The zero-order valence-electron chi connectivity index (χ0n) is 20.8. The van der Waals surface area contributed by atoms with Crippen molar-refractivity contribution in [3.05, 3.63) is 97.8 Å². The summed E-state index contributed by atoms with van der Waals surface area (Å²) in [5, 5.41) is 0. The fraction of sp³-hybridized carbons (Fsp3) is 0.357. The average molecular weight is 521 g/mol. The summed E-state index contributed by atoms with van der Waals surface area (Å²) < 4.78 is 0. The van der Waals surface area contributed by atoms with E-state index in [2.05, 4.69) is 97.7 Å². The Morgan fingerprint density at radius 1 is 0.844 bits per heavy atom. The molecule has 0 saturated carbocycles. The molecule has 0 unspecified atom stereocenters. The normalized spacial score (nSPS) is 12.0. The maximum atomic E-state index is 3.67. The third-order valence-electron chi connectivity index (χ3n) is 5.05. The van der Waals surface area contributed by atoms with E-state index in [0.717, 1.165) is 12.8 Å². The van der Waals surface area contributed by atoms with E-state index in [1.165, 1.54) is 33.4 Å². The van der Waals surface area contributed by atoms with Gasteiger partial charge in [-0.15, -0.1) is 42.4 Å². The standard InChI is InChI=1S/C21H25.C5H5.2CH3.2ClH.Si.Ti/c1-20(2,3)16-7-9-18-14(12-16)11-15-13-17(21(4,5)6)8-10-19(15)18;1-2-4-5-3-1;;;;;;/h7-10,12H,11H2,1-6H3;1-3H,4H2;2*1H3;2*1H;;/q4*-1;;;;. The summed E-state index contributed by atoms with van der Waals surface area (Å²) in [4.78, 5) is 0. The van der Waals surface area contributed by atoms with Crippen molar-refractivity contribution >= 4 is 32.4 Å². The molecule has 0 atom stereocenters. The van der Waals surface area contributed by atoms with Crippen LogP contribution in [0.4, 0.5) is 0 Å². The van der Waals surface area contributed by atoms with Crippen LogP contribution in [0.3, 0.4) is 0 Å². The number of benzene rings is 2. The van der Waals surface area contributed by atoms with Crippen molar-refractivity contribution in [1.82, 2.24) is 0 Å². The predicted molar refractivity (Wildman–Crippen MR) is 146 cm³/mol. The van der Waals surface area contributed by atoms with Crippen molar-refractivity contribution in [2.75, 3.05) is 0 Å². The second kappa shape index (κ2) is 15.4. The van der Waals surface area contributed by atoms with Crippen LogP contribution in [0, 0.1) is 27.0 Å². The second-order valence-corrected chi connectivity index (χ2v) is 9.32. The number of rotatable bonds is 0. The van der Waals surface area contributed by atoms with Crippen LogP contribution in [-0.2, 0) is 36.4 Å². The Morgan fingerprint density at radius 2 is 1.44 bits per heavy atom. The number of halogens is 2. The molecule has 2 aromatic carbocycles. The molecule has 2 aliphatic rings. The fourth-order valence-corrected chi connectivity index (χ4v) is 3.37. The molecule has 2 aromatic rings. The molecular weight excluding hydrogens is 483 g/mol. The Balaban J connectivity index is -0.000000670. The Kier molecular flexibility index (Phi) is 17.3. The van der Waals surface area contributed by atoms with Crippen LogP contribution < -0.4 is 0 Å². The second-order valence-electron chi connectivity index (χ2n) is 9.32. The quantitative estimate of drug-likeness (QED) is 0.206. The third-order valence-corrected chi connectivity index (χ3v) is 5.05. The van der Waals surface area contributed by atoms with Gasteiger partial charge in [-0.3, -0.25) is 6.08 Å². The molecule has 0 amide bonds. The molecule has 4 heteroatoms. The summed E-state index contributed by atoms with van der Waals surface area (Å²) in [7, 11) is 2.97. The van der Waals surface area contributed by atoms with Crippen LogP contribution in [0.2, 0.25) is 0 Å². The van der Waals surface area contributed by atoms with Gasteiger partial charge >= 0.3 is 26.8 Å². The first kappa shape index (κ1) is 36.0. The molecule has 0 saturated heterocycles. The van der Waals surface area contributed by atoms with Crippen LogP contribution in [0.25, 0.3) is 11.1 Å². The van der Waals surface area contributed by atoms with Gasteiger partial charge in [-0.2, -0.15) is 29.8 Å². The Hall–Kier alpha value is -0.569. The van der Waals surface area contributed by atoms with Gasteiger partial charge in [0.1, 0.15) is 0 Å². The van der Waals surface area contributed by atoms with Crippen molar-refractivity contribution in [2.24, 2.45) is 0 Å². The predicted octanol–water partition coefficient (Wildman–Crippen LogP) is 8.32. The fourth-order valence-electron chi connectivity index (χ4n) is 3.37. The molecule has 0 fully saturated rings. The SMILES string of the molecule is CC(C)(C)c1[c-]c2c(cc1)-c1ccc(C(C)(C)C)cc1C2.Cl.Cl.[C-]1=CC=CC1.[CH3-].[CH3-].[Si]=[Ti]. The van der Waals surface area contributed by atoms with E-state index in [1.807, 2.05) is 12.2 Å². The molecule has 176 valence electrons. The molecule has 2 radical (unpaired) electrons. The molecule has 0 bridgehead atoms. The molecular formula is C28H38Cl2SiTi-4. The topological polar surface area (TPSA) is 0 Å². The summed E-state index contributed by atoms with van der Waals surface area (Å²) in [6, 6.07) is 15.2. The number of hydrogen-bond acceptors (Lipinski definition) is 0. The first-order chi connectivity index (χ1) is 13.2. The first-order valence-corrected chi connectivity index (χ1v) is 12.7. The van der Waals surface area contributed by atoms with E-state index < -0.39 is 0 Å². The summed E-state index contributed by atoms with van der Waals surface area (Å²) in [5.41, 5.74) is 8.70. The van der Waals surface area contributed by atoms with E-state index >= 15 is 0 Å². The molecule has 0 aromatic heterocycles. The summed E-state index contributed by atoms with van der Waals surface area (Å²) in [6.45, 7) is 13.6. The summed E-state index contributed by atoms with van der Waals surface area (Å²) in [6.07, 6.45) is 11.0. The van der Waals surface area contributed by atoms with Crippen LogP contribution in [0.15, 0.2) is 48.6 Å². The number of allylic oxidation sites excluding steroid dienone is 4. The van der Waals surface area contributed by atoms with Gasteiger partial charge in [0.25, 0.3) is 0 Å². The van der Waals surface area contributed by atoms with E-state index in [9.17, 15) is 0 Å². The third kappa shape index (κ3) is 9.35. The van der Waals surface area contributed by atoms with Crippen molar-refractivity contribution in [3.8, 4) is 11.1 Å². The van der Waals surface area contributed by atoms with E-state index in [-0.39, 0.29) is 50.5 Å². The van der Waals surface area contributed by atoms with Crippen LogP contribution >= 0.6 is 24.8 Å². The van der Waals surface area contributed by atoms with Crippen molar-refractivity contribution in [1.29, 1.82) is 0 Å². The molecule has 0 heterocycles. The van der Waals surface area contributed by atoms with E-state index in [4.69, 9.17) is 0 Å². The minimum atomic E-state index is 0. The molecule has 0 spiro atoms. The Labute approximate surface area is 224 Å². The van der Waals surface area contributed by atoms with Gasteiger partial charge in [-0.25, -0.2) is 12.2 Å². The molecule has 32 heavy (non-hydrogen) atoms. The van der Waals surface area contributed by atoms with Gasteiger partial charge in [0, 0.05) is 0 Å². The van der Waals surface area contributed by atoms with E-state index in [1.54, 1.807) is 19.2 Å². The van der Waals surface area contributed by atoms with Crippen molar-refractivity contribution in [3.63, 3.8) is 0 Å². The zero-order chi connectivity index (χ0) is 20.9. The zero-order valence-corrected chi connectivity index (χ0v) is 25.0. The Morgan fingerprint density at radius 3 is 1.88 bits per heavy atom. The van der Waals surface area contributed by atoms with Gasteiger partial charge in [0.2, 0.25) is 0 Å². The van der Waals surface area contributed by atoms with Crippen LogP contribution in [0.5, 0.6) is 0 Å².